The lowest BCUT2D eigenvalue weighted by atomic mass is 10.2. The third kappa shape index (κ3) is 3.59. The molecule has 0 saturated carbocycles. The summed E-state index contributed by atoms with van der Waals surface area (Å²) in [5.74, 6) is 0.889. The second-order valence-electron chi connectivity index (χ2n) is 5.56. The normalized spacial score (nSPS) is 11.1. The Kier molecular flexibility index (Phi) is 4.29. The highest BCUT2D eigenvalue weighted by atomic mass is 32.1. The number of amides is 1. The highest BCUT2D eigenvalue weighted by molar-refractivity contribution is 7.22. The van der Waals surface area contributed by atoms with Gasteiger partial charge in [-0.05, 0) is 36.1 Å². The largest absolute Gasteiger partial charge is 0.339 e. The SMILES string of the molecule is Cc1ccc2nc(NC(=O)CCc3nc(-c4ccsc4)no3)sc2c1. The van der Waals surface area contributed by atoms with Gasteiger partial charge in [0, 0.05) is 23.8 Å². The van der Waals surface area contributed by atoms with Crippen molar-refractivity contribution in [1.29, 1.82) is 0 Å². The first-order valence-corrected chi connectivity index (χ1v) is 9.45. The average molecular weight is 370 g/mol. The first-order valence-electron chi connectivity index (χ1n) is 7.69. The number of nitrogens with one attached hydrogen (secondary N) is 1. The summed E-state index contributed by atoms with van der Waals surface area (Å²) in [5.41, 5.74) is 2.99. The van der Waals surface area contributed by atoms with E-state index in [2.05, 4.69) is 26.5 Å². The molecule has 0 spiro atoms. The Balaban J connectivity index is 1.37. The Bertz CT molecular complexity index is 1020. The van der Waals surface area contributed by atoms with E-state index in [0.717, 1.165) is 15.8 Å². The predicted molar refractivity (Wildman–Crippen MR) is 98.9 cm³/mol. The molecule has 8 heteroatoms. The van der Waals surface area contributed by atoms with Gasteiger partial charge >= 0.3 is 0 Å². The zero-order valence-corrected chi connectivity index (χ0v) is 15.0. The van der Waals surface area contributed by atoms with Crippen LogP contribution in [0.5, 0.6) is 0 Å². The van der Waals surface area contributed by atoms with Crippen molar-refractivity contribution in [3.05, 3.63) is 46.5 Å². The van der Waals surface area contributed by atoms with Crippen LogP contribution in [0.1, 0.15) is 17.9 Å². The van der Waals surface area contributed by atoms with Gasteiger partial charge in [0.15, 0.2) is 5.13 Å². The predicted octanol–water partition coefficient (Wildman–Crippen LogP) is 4.29. The third-order valence-corrected chi connectivity index (χ3v) is 5.22. The molecule has 126 valence electrons. The number of aromatic nitrogens is 3. The minimum absolute atomic E-state index is 0.119. The number of anilines is 1. The smallest absolute Gasteiger partial charge is 0.227 e. The molecular formula is C17H14N4O2S2. The van der Waals surface area contributed by atoms with Gasteiger partial charge in [-0.1, -0.05) is 22.6 Å². The molecule has 1 amide bonds. The van der Waals surface area contributed by atoms with Crippen molar-refractivity contribution in [2.24, 2.45) is 0 Å². The molecule has 25 heavy (non-hydrogen) atoms. The number of hydrogen-bond donors (Lipinski definition) is 1. The Morgan fingerprint density at radius 2 is 2.20 bits per heavy atom. The Morgan fingerprint density at radius 1 is 1.28 bits per heavy atom. The summed E-state index contributed by atoms with van der Waals surface area (Å²) < 4.78 is 6.26. The van der Waals surface area contributed by atoms with Crippen molar-refractivity contribution in [2.75, 3.05) is 5.32 Å². The maximum absolute atomic E-state index is 12.1. The fourth-order valence-corrected chi connectivity index (χ4v) is 3.97. The standard InChI is InChI=1S/C17H14N4O2S2/c1-10-2-3-12-13(8-10)25-17(18-12)19-14(22)4-5-15-20-16(21-23-15)11-6-7-24-9-11/h2-3,6-9H,4-5H2,1H3,(H,18,19,22). The van der Waals surface area contributed by atoms with Crippen LogP contribution in [0.2, 0.25) is 0 Å². The molecule has 6 nitrogen and oxygen atoms in total. The first-order chi connectivity index (χ1) is 12.2. The molecule has 0 fully saturated rings. The fourth-order valence-electron chi connectivity index (χ4n) is 2.35. The van der Waals surface area contributed by atoms with Crippen LogP contribution in [0.3, 0.4) is 0 Å². The molecule has 0 saturated heterocycles. The molecule has 0 bridgehead atoms. The van der Waals surface area contributed by atoms with Crippen LogP contribution in [0.4, 0.5) is 5.13 Å². The second-order valence-corrected chi connectivity index (χ2v) is 7.37. The number of thiophene rings is 1. The molecule has 4 aromatic rings. The number of fused-ring (bicyclic) bond motifs is 1. The quantitative estimate of drug-likeness (QED) is 0.567. The molecule has 4 rings (SSSR count). The van der Waals surface area contributed by atoms with Crippen LogP contribution >= 0.6 is 22.7 Å². The number of hydrogen-bond acceptors (Lipinski definition) is 7. The Morgan fingerprint density at radius 3 is 3.04 bits per heavy atom. The van der Waals surface area contributed by atoms with Crippen LogP contribution < -0.4 is 5.32 Å². The van der Waals surface area contributed by atoms with Crippen molar-refractivity contribution in [1.82, 2.24) is 15.1 Å². The van der Waals surface area contributed by atoms with E-state index in [4.69, 9.17) is 4.52 Å². The number of rotatable bonds is 5. The van der Waals surface area contributed by atoms with Gasteiger partial charge in [-0.25, -0.2) is 4.98 Å². The number of benzene rings is 1. The van der Waals surface area contributed by atoms with Gasteiger partial charge in [0.05, 0.1) is 10.2 Å². The van der Waals surface area contributed by atoms with Crippen molar-refractivity contribution in [3.63, 3.8) is 0 Å². The van der Waals surface area contributed by atoms with Crippen LogP contribution in [0, 0.1) is 6.92 Å². The van der Waals surface area contributed by atoms with E-state index in [1.54, 1.807) is 11.3 Å². The summed E-state index contributed by atoms with van der Waals surface area (Å²) >= 11 is 3.04. The number of nitrogens with zero attached hydrogens (tertiary/aromatic N) is 3. The zero-order valence-electron chi connectivity index (χ0n) is 13.4. The second kappa shape index (κ2) is 6.73. The molecule has 0 unspecified atom stereocenters. The molecule has 0 aliphatic heterocycles. The van der Waals surface area contributed by atoms with Crippen LogP contribution in [0.25, 0.3) is 21.6 Å². The van der Waals surface area contributed by atoms with Gasteiger partial charge in [0.1, 0.15) is 0 Å². The summed E-state index contributed by atoms with van der Waals surface area (Å²) in [6.45, 7) is 2.03. The molecule has 0 aliphatic carbocycles. The van der Waals surface area contributed by atoms with Crippen molar-refractivity contribution >= 4 is 43.9 Å². The Labute approximate surface area is 151 Å². The summed E-state index contributed by atoms with van der Waals surface area (Å²) in [6, 6.07) is 7.96. The minimum Gasteiger partial charge on any atom is -0.339 e. The van der Waals surface area contributed by atoms with E-state index in [0.29, 0.717) is 23.3 Å². The molecule has 3 aromatic heterocycles. The number of carbonyl (C=O) groups excluding carboxylic acids is 1. The summed E-state index contributed by atoms with van der Waals surface area (Å²) in [5, 5.41) is 11.3. The molecule has 0 radical (unpaired) electrons. The summed E-state index contributed by atoms with van der Waals surface area (Å²) in [7, 11) is 0. The topological polar surface area (TPSA) is 80.9 Å². The summed E-state index contributed by atoms with van der Waals surface area (Å²) in [4.78, 5) is 20.9. The van der Waals surface area contributed by atoms with Crippen LogP contribution in [0.15, 0.2) is 39.5 Å². The highest BCUT2D eigenvalue weighted by Gasteiger charge is 2.12. The maximum atomic E-state index is 12.1. The number of thiazole rings is 1. The third-order valence-electron chi connectivity index (χ3n) is 3.60. The number of aryl methyl sites for hydroxylation is 2. The van der Waals surface area contributed by atoms with E-state index in [1.807, 2.05) is 35.9 Å². The zero-order chi connectivity index (χ0) is 17.2. The van der Waals surface area contributed by atoms with Gasteiger partial charge < -0.3 is 9.84 Å². The highest BCUT2D eigenvalue weighted by Crippen LogP contribution is 2.26. The fraction of sp³-hybridized carbons (Fsp3) is 0.176. The van der Waals surface area contributed by atoms with E-state index in [9.17, 15) is 4.79 Å². The van der Waals surface area contributed by atoms with Crippen molar-refractivity contribution in [3.8, 4) is 11.4 Å². The molecular weight excluding hydrogens is 356 g/mol. The van der Waals surface area contributed by atoms with Gasteiger partial charge in [-0.15, -0.1) is 0 Å². The van der Waals surface area contributed by atoms with Gasteiger partial charge in [-0.2, -0.15) is 16.3 Å². The monoisotopic (exact) mass is 370 g/mol. The molecule has 3 heterocycles. The van der Waals surface area contributed by atoms with Gasteiger partial charge in [0.2, 0.25) is 17.6 Å². The lowest BCUT2D eigenvalue weighted by molar-refractivity contribution is -0.116. The summed E-state index contributed by atoms with van der Waals surface area (Å²) in [6.07, 6.45) is 0.660. The lowest BCUT2D eigenvalue weighted by Crippen LogP contribution is -2.12. The van der Waals surface area contributed by atoms with E-state index in [1.165, 1.54) is 16.9 Å². The van der Waals surface area contributed by atoms with Crippen molar-refractivity contribution < 1.29 is 9.32 Å². The van der Waals surface area contributed by atoms with E-state index >= 15 is 0 Å². The Hall–Kier alpha value is -2.58. The maximum Gasteiger partial charge on any atom is 0.227 e. The molecule has 1 aromatic carbocycles. The van der Waals surface area contributed by atoms with Crippen LogP contribution in [-0.4, -0.2) is 21.0 Å². The minimum atomic E-state index is -0.119. The van der Waals surface area contributed by atoms with Crippen LogP contribution in [-0.2, 0) is 11.2 Å². The van der Waals surface area contributed by atoms with Crippen molar-refractivity contribution in [2.45, 2.75) is 19.8 Å². The van der Waals surface area contributed by atoms with Gasteiger partial charge in [-0.3, -0.25) is 4.79 Å². The number of carbonyl (C=O) groups is 1. The average Bonchev–Trinajstić information content (AvgIpc) is 3.32. The van der Waals surface area contributed by atoms with E-state index < -0.39 is 0 Å². The molecule has 0 aliphatic rings. The van der Waals surface area contributed by atoms with Gasteiger partial charge in [0.25, 0.3) is 0 Å². The lowest BCUT2D eigenvalue weighted by Gasteiger charge is -1.98. The molecule has 0 atom stereocenters. The first kappa shape index (κ1) is 15.9. The van der Waals surface area contributed by atoms with E-state index in [-0.39, 0.29) is 12.3 Å². The molecule has 1 N–H and O–H groups in total.